The number of hydrogen-bond acceptors (Lipinski definition) is 0. The van der Waals surface area contributed by atoms with Crippen molar-refractivity contribution < 1.29 is 13.2 Å². The molecule has 0 amide bonds. The third kappa shape index (κ3) is 7.21. The van der Waals surface area contributed by atoms with E-state index in [1.54, 1.807) is 42.5 Å². The van der Waals surface area contributed by atoms with Gasteiger partial charge in [0, 0.05) is 12.0 Å². The van der Waals surface area contributed by atoms with Crippen molar-refractivity contribution in [2.45, 2.75) is 33.1 Å². The minimum atomic E-state index is -0.257. The predicted molar refractivity (Wildman–Crippen MR) is 136 cm³/mol. The van der Waals surface area contributed by atoms with Crippen LogP contribution in [-0.2, 0) is 12.8 Å². The maximum atomic E-state index is 14.5. The standard InChI is InChI=1S/C25H24F2.C6H5F/c1-4-5-17(2)12-19-7-10-22(24(26)15-19)14-20-8-11-23(25(27)16-20)21-9-6-18(3)13-21;7-6-4-2-1-3-5-6/h4-5,7-11,13,15-16H,1,6,12,14H2,2-3H3;1-5H/b17-5-;. The van der Waals surface area contributed by atoms with Gasteiger partial charge in [0.05, 0.1) is 0 Å². The van der Waals surface area contributed by atoms with E-state index in [2.05, 4.69) is 6.58 Å². The van der Waals surface area contributed by atoms with Crippen LogP contribution in [0.3, 0.4) is 0 Å². The highest BCUT2D eigenvalue weighted by molar-refractivity contribution is 5.77. The van der Waals surface area contributed by atoms with Crippen molar-refractivity contribution in [2.24, 2.45) is 0 Å². The lowest BCUT2D eigenvalue weighted by atomic mass is 9.98. The molecule has 3 aromatic rings. The van der Waals surface area contributed by atoms with Crippen molar-refractivity contribution in [2.75, 3.05) is 0 Å². The van der Waals surface area contributed by atoms with Gasteiger partial charge in [-0.1, -0.05) is 84.5 Å². The molecule has 0 heterocycles. The second-order valence-corrected chi connectivity index (χ2v) is 8.49. The van der Waals surface area contributed by atoms with Crippen molar-refractivity contribution in [3.63, 3.8) is 0 Å². The van der Waals surface area contributed by atoms with Crippen LogP contribution in [0.5, 0.6) is 0 Å². The first-order valence-electron chi connectivity index (χ1n) is 11.3. The predicted octanol–water partition coefficient (Wildman–Crippen LogP) is 8.79. The normalized spacial score (nSPS) is 13.0. The summed E-state index contributed by atoms with van der Waals surface area (Å²) in [6, 6.07) is 18.4. The molecule has 1 aliphatic rings. The molecule has 0 atom stereocenters. The van der Waals surface area contributed by atoms with Crippen LogP contribution in [0.4, 0.5) is 13.2 Å². The summed E-state index contributed by atoms with van der Waals surface area (Å²) in [5.41, 5.74) is 6.15. The van der Waals surface area contributed by atoms with Crippen LogP contribution < -0.4 is 0 Å². The fourth-order valence-electron chi connectivity index (χ4n) is 3.81. The monoisotopic (exact) mass is 458 g/mol. The van der Waals surface area contributed by atoms with Gasteiger partial charge in [-0.05, 0) is 73.2 Å². The van der Waals surface area contributed by atoms with Gasteiger partial charge in [-0.2, -0.15) is 0 Å². The maximum absolute atomic E-state index is 14.5. The van der Waals surface area contributed by atoms with E-state index in [4.69, 9.17) is 0 Å². The Morgan fingerprint density at radius 3 is 2.18 bits per heavy atom. The second kappa shape index (κ2) is 12.0. The zero-order valence-corrected chi connectivity index (χ0v) is 19.6. The van der Waals surface area contributed by atoms with Gasteiger partial charge in [-0.3, -0.25) is 0 Å². The molecule has 0 N–H and O–H groups in total. The highest BCUT2D eigenvalue weighted by Gasteiger charge is 2.12. The Labute approximate surface area is 200 Å². The molecule has 0 bridgehead atoms. The Kier molecular flexibility index (Phi) is 8.86. The molecule has 0 saturated carbocycles. The highest BCUT2D eigenvalue weighted by atomic mass is 19.1. The lowest BCUT2D eigenvalue weighted by Gasteiger charge is -2.09. The number of hydrogen-bond donors (Lipinski definition) is 0. The third-order valence-corrected chi connectivity index (χ3v) is 5.52. The van der Waals surface area contributed by atoms with Gasteiger partial charge in [0.25, 0.3) is 0 Å². The van der Waals surface area contributed by atoms with Crippen LogP contribution in [0.25, 0.3) is 5.57 Å². The lowest BCUT2D eigenvalue weighted by molar-refractivity contribution is 0.609. The molecule has 0 aliphatic heterocycles. The topological polar surface area (TPSA) is 0 Å². The Bertz CT molecular complexity index is 1230. The van der Waals surface area contributed by atoms with Gasteiger partial charge in [0.15, 0.2) is 0 Å². The van der Waals surface area contributed by atoms with Gasteiger partial charge in [-0.15, -0.1) is 0 Å². The largest absolute Gasteiger partial charge is 0.207 e. The van der Waals surface area contributed by atoms with Crippen LogP contribution in [0.2, 0.25) is 0 Å². The Morgan fingerprint density at radius 1 is 0.912 bits per heavy atom. The molecule has 0 fully saturated rings. The molecule has 174 valence electrons. The van der Waals surface area contributed by atoms with E-state index >= 15 is 0 Å². The number of halogens is 3. The molecule has 0 unspecified atom stereocenters. The van der Waals surface area contributed by atoms with E-state index < -0.39 is 0 Å². The molecule has 1 aliphatic carbocycles. The average molecular weight is 459 g/mol. The van der Waals surface area contributed by atoms with Crippen molar-refractivity contribution in [3.05, 3.63) is 148 Å². The summed E-state index contributed by atoms with van der Waals surface area (Å²) in [7, 11) is 0. The van der Waals surface area contributed by atoms with Gasteiger partial charge in [-0.25, -0.2) is 13.2 Å². The molecule has 0 aromatic heterocycles. The molecule has 3 heteroatoms. The summed E-state index contributed by atoms with van der Waals surface area (Å²) in [4.78, 5) is 0. The average Bonchev–Trinajstić information content (AvgIpc) is 3.23. The van der Waals surface area contributed by atoms with Crippen LogP contribution in [0, 0.1) is 17.5 Å². The summed E-state index contributed by atoms with van der Waals surface area (Å²) >= 11 is 0. The smallest absolute Gasteiger partial charge is 0.131 e. The zero-order valence-electron chi connectivity index (χ0n) is 19.6. The van der Waals surface area contributed by atoms with Crippen molar-refractivity contribution >= 4 is 5.57 Å². The molecule has 0 radical (unpaired) electrons. The minimum absolute atomic E-state index is 0.178. The fourth-order valence-corrected chi connectivity index (χ4v) is 3.81. The number of allylic oxidation sites excluding steroid dienone is 7. The SMILES string of the molecule is C=C/C=C(/C)Cc1ccc(Cc2ccc(C3=CCC(C)=C3)c(F)c2)c(F)c1.Fc1ccccc1. The first-order valence-corrected chi connectivity index (χ1v) is 11.3. The lowest BCUT2D eigenvalue weighted by Crippen LogP contribution is -1.97. The van der Waals surface area contributed by atoms with Gasteiger partial charge >= 0.3 is 0 Å². The fraction of sp³-hybridized carbons (Fsp3) is 0.161. The van der Waals surface area contributed by atoms with E-state index in [1.807, 2.05) is 44.2 Å². The highest BCUT2D eigenvalue weighted by Crippen LogP contribution is 2.29. The number of benzene rings is 3. The van der Waals surface area contributed by atoms with E-state index in [0.717, 1.165) is 28.7 Å². The number of rotatable bonds is 6. The van der Waals surface area contributed by atoms with Crippen LogP contribution in [-0.4, -0.2) is 0 Å². The Hall–Kier alpha value is -3.59. The first kappa shape index (κ1) is 25.0. The molecule has 0 spiro atoms. The molecule has 4 rings (SSSR count). The van der Waals surface area contributed by atoms with Gasteiger partial charge in [0.2, 0.25) is 0 Å². The van der Waals surface area contributed by atoms with Crippen LogP contribution in [0.1, 0.15) is 42.5 Å². The van der Waals surface area contributed by atoms with E-state index in [1.165, 1.54) is 23.8 Å². The Morgan fingerprint density at radius 2 is 1.62 bits per heavy atom. The Balaban J connectivity index is 0.000000396. The third-order valence-electron chi connectivity index (χ3n) is 5.52. The van der Waals surface area contributed by atoms with E-state index in [0.29, 0.717) is 24.0 Å². The van der Waals surface area contributed by atoms with Crippen molar-refractivity contribution in [3.8, 4) is 0 Å². The van der Waals surface area contributed by atoms with Crippen LogP contribution in [0.15, 0.2) is 109 Å². The summed E-state index contributed by atoms with van der Waals surface area (Å²) in [6.07, 6.45) is 9.64. The maximum Gasteiger partial charge on any atom is 0.131 e. The summed E-state index contributed by atoms with van der Waals surface area (Å²) in [5.74, 6) is -0.685. The summed E-state index contributed by atoms with van der Waals surface area (Å²) in [5, 5.41) is 0. The summed E-state index contributed by atoms with van der Waals surface area (Å²) < 4.78 is 40.9. The zero-order chi connectivity index (χ0) is 24.5. The molecule has 3 aromatic carbocycles. The quantitative estimate of drug-likeness (QED) is 0.324. The molecule has 0 saturated heterocycles. The van der Waals surface area contributed by atoms with E-state index in [9.17, 15) is 13.2 Å². The van der Waals surface area contributed by atoms with Gasteiger partial charge < -0.3 is 0 Å². The van der Waals surface area contributed by atoms with E-state index in [-0.39, 0.29) is 17.5 Å². The summed E-state index contributed by atoms with van der Waals surface area (Å²) in [6.45, 7) is 7.71. The van der Waals surface area contributed by atoms with Crippen LogP contribution >= 0.6 is 0 Å². The first-order chi connectivity index (χ1) is 16.4. The molecular formula is C31H29F3. The molecule has 34 heavy (non-hydrogen) atoms. The van der Waals surface area contributed by atoms with Crippen molar-refractivity contribution in [1.82, 2.24) is 0 Å². The minimum Gasteiger partial charge on any atom is -0.207 e. The second-order valence-electron chi connectivity index (χ2n) is 8.49. The molecule has 0 nitrogen and oxygen atoms in total. The molecular weight excluding hydrogens is 429 g/mol. The van der Waals surface area contributed by atoms with Crippen molar-refractivity contribution in [1.29, 1.82) is 0 Å². The van der Waals surface area contributed by atoms with Gasteiger partial charge in [0.1, 0.15) is 17.5 Å².